The molecule has 1 amide bonds. The molecular weight excluding hydrogens is 366 g/mol. The molecule has 8 heteroatoms. The maximum atomic E-state index is 13.0. The highest BCUT2D eigenvalue weighted by Crippen LogP contribution is 2.48. The number of nitrogens with one attached hydrogen (secondary N) is 1. The van der Waals surface area contributed by atoms with Crippen LogP contribution in [0.5, 0.6) is 0 Å². The number of aryl methyl sites for hydroxylation is 1. The van der Waals surface area contributed by atoms with Gasteiger partial charge in [-0.05, 0) is 18.2 Å². The number of amides is 1. The van der Waals surface area contributed by atoms with E-state index in [1.165, 1.54) is 10.8 Å². The third-order valence-electron chi connectivity index (χ3n) is 5.01. The molecule has 1 aliphatic heterocycles. The van der Waals surface area contributed by atoms with Crippen molar-refractivity contribution in [1.82, 2.24) is 24.0 Å². The molecule has 0 bridgehead atoms. The summed E-state index contributed by atoms with van der Waals surface area (Å²) < 4.78 is 3.31. The molecular formula is C19H20ClN5O2. The monoisotopic (exact) mass is 385 g/mol. The normalized spacial score (nSPS) is 18.4. The molecule has 27 heavy (non-hydrogen) atoms. The fraction of sp³-hybridized carbons (Fsp3) is 0.316. The molecule has 140 valence electrons. The van der Waals surface area contributed by atoms with Crippen LogP contribution in [0.15, 0.2) is 47.7 Å². The number of hydrogen-bond acceptors (Lipinski definition) is 3. The third kappa shape index (κ3) is 2.88. The van der Waals surface area contributed by atoms with Crippen molar-refractivity contribution in [1.29, 1.82) is 0 Å². The second-order valence-electron chi connectivity index (χ2n) is 7.54. The SMILES string of the molecule is Cn1cc(C(=O)N2CC(C)(C)C2c2nccn2-c2cccc(Cl)c2)[nH]c1=O. The maximum absolute atomic E-state index is 13.0. The number of carbonyl (C=O) groups is 1. The van der Waals surface area contributed by atoms with E-state index < -0.39 is 0 Å². The van der Waals surface area contributed by atoms with Crippen LogP contribution in [0.4, 0.5) is 0 Å². The highest BCUT2D eigenvalue weighted by Gasteiger charge is 2.51. The number of benzene rings is 1. The van der Waals surface area contributed by atoms with Gasteiger partial charge in [0.15, 0.2) is 0 Å². The van der Waals surface area contributed by atoms with Gasteiger partial charge >= 0.3 is 5.69 Å². The average molecular weight is 386 g/mol. The van der Waals surface area contributed by atoms with Crippen molar-refractivity contribution in [2.75, 3.05) is 6.54 Å². The number of H-pyrrole nitrogens is 1. The number of aromatic amines is 1. The molecule has 0 radical (unpaired) electrons. The summed E-state index contributed by atoms with van der Waals surface area (Å²) in [4.78, 5) is 33.6. The van der Waals surface area contributed by atoms with Gasteiger partial charge in [0.05, 0.1) is 6.04 Å². The number of halogens is 1. The largest absolute Gasteiger partial charge is 0.326 e. The van der Waals surface area contributed by atoms with Gasteiger partial charge in [-0.3, -0.25) is 4.79 Å². The summed E-state index contributed by atoms with van der Waals surface area (Å²) in [5.41, 5.74) is 0.712. The van der Waals surface area contributed by atoms with Gasteiger partial charge < -0.3 is 19.0 Å². The summed E-state index contributed by atoms with van der Waals surface area (Å²) in [6.07, 6.45) is 5.11. The smallest absolute Gasteiger partial charge is 0.325 e. The first-order chi connectivity index (χ1) is 12.8. The Bertz CT molecular complexity index is 1080. The lowest BCUT2D eigenvalue weighted by atomic mass is 9.74. The molecule has 1 unspecified atom stereocenters. The molecule has 0 aliphatic carbocycles. The Morgan fingerprint density at radius 3 is 2.78 bits per heavy atom. The lowest BCUT2D eigenvalue weighted by molar-refractivity contribution is -0.0373. The number of nitrogens with zero attached hydrogens (tertiary/aromatic N) is 4. The Morgan fingerprint density at radius 1 is 1.37 bits per heavy atom. The summed E-state index contributed by atoms with van der Waals surface area (Å²) >= 11 is 6.14. The second kappa shape index (κ2) is 6.13. The predicted molar refractivity (Wildman–Crippen MR) is 102 cm³/mol. The van der Waals surface area contributed by atoms with Gasteiger partial charge in [-0.25, -0.2) is 9.78 Å². The topological polar surface area (TPSA) is 75.9 Å². The number of imidazole rings is 2. The fourth-order valence-electron chi connectivity index (χ4n) is 3.72. The zero-order valence-electron chi connectivity index (χ0n) is 15.3. The zero-order valence-corrected chi connectivity index (χ0v) is 16.1. The van der Waals surface area contributed by atoms with Crippen LogP contribution >= 0.6 is 11.6 Å². The number of hydrogen-bond donors (Lipinski definition) is 1. The fourth-order valence-corrected chi connectivity index (χ4v) is 3.90. The molecule has 1 saturated heterocycles. The van der Waals surface area contributed by atoms with E-state index >= 15 is 0 Å². The molecule has 3 aromatic rings. The van der Waals surface area contributed by atoms with Crippen molar-refractivity contribution in [2.45, 2.75) is 19.9 Å². The molecule has 1 aliphatic rings. The van der Waals surface area contributed by atoms with Gasteiger partial charge in [-0.2, -0.15) is 0 Å². The third-order valence-corrected chi connectivity index (χ3v) is 5.24. The van der Waals surface area contributed by atoms with Gasteiger partial charge in [0, 0.05) is 48.3 Å². The zero-order chi connectivity index (χ0) is 19.3. The first kappa shape index (κ1) is 17.6. The van der Waals surface area contributed by atoms with Gasteiger partial charge in [0.1, 0.15) is 11.5 Å². The van der Waals surface area contributed by atoms with Crippen LogP contribution in [0.2, 0.25) is 5.02 Å². The van der Waals surface area contributed by atoms with Crippen molar-refractivity contribution in [2.24, 2.45) is 12.5 Å². The lowest BCUT2D eigenvalue weighted by Gasteiger charge is -2.53. The molecule has 2 aromatic heterocycles. The van der Waals surface area contributed by atoms with E-state index in [9.17, 15) is 9.59 Å². The van der Waals surface area contributed by atoms with Crippen molar-refractivity contribution < 1.29 is 4.79 Å². The highest BCUT2D eigenvalue weighted by molar-refractivity contribution is 6.30. The van der Waals surface area contributed by atoms with Crippen LogP contribution in [0.1, 0.15) is 36.2 Å². The summed E-state index contributed by atoms with van der Waals surface area (Å²) in [7, 11) is 1.61. The standard InChI is InChI=1S/C19H20ClN5O2/c1-19(2)11-25(17(26)14-10-23(3)18(27)22-14)15(19)16-21-7-8-24(16)13-6-4-5-12(20)9-13/h4-10,15H,11H2,1-3H3,(H,22,27). The minimum absolute atomic E-state index is 0.146. The van der Waals surface area contributed by atoms with Crippen LogP contribution < -0.4 is 5.69 Å². The summed E-state index contributed by atoms with van der Waals surface area (Å²) in [6.45, 7) is 4.79. The first-order valence-electron chi connectivity index (χ1n) is 8.64. The second-order valence-corrected chi connectivity index (χ2v) is 7.98. The maximum Gasteiger partial charge on any atom is 0.325 e. The van der Waals surface area contributed by atoms with Crippen LogP contribution in [-0.4, -0.2) is 36.5 Å². The molecule has 1 N–H and O–H groups in total. The summed E-state index contributed by atoms with van der Waals surface area (Å²) in [5.74, 6) is 0.554. The van der Waals surface area contributed by atoms with Gasteiger partial charge in [0.2, 0.25) is 0 Å². The van der Waals surface area contributed by atoms with E-state index in [0.29, 0.717) is 11.6 Å². The van der Waals surface area contributed by atoms with E-state index in [-0.39, 0.29) is 28.7 Å². The Hall–Kier alpha value is -2.80. The predicted octanol–water partition coefficient (Wildman–Crippen LogP) is 2.78. The van der Waals surface area contributed by atoms with E-state index in [2.05, 4.69) is 23.8 Å². The van der Waals surface area contributed by atoms with Gasteiger partial charge in [-0.1, -0.05) is 31.5 Å². The number of rotatable bonds is 3. The molecule has 1 aromatic carbocycles. The first-order valence-corrected chi connectivity index (χ1v) is 9.01. The Morgan fingerprint density at radius 2 is 2.15 bits per heavy atom. The Balaban J connectivity index is 1.73. The Kier molecular flexibility index (Phi) is 3.99. The highest BCUT2D eigenvalue weighted by atomic mass is 35.5. The van der Waals surface area contributed by atoms with Crippen LogP contribution in [0, 0.1) is 5.41 Å². The Labute approximate surface area is 161 Å². The minimum Gasteiger partial charge on any atom is -0.326 e. The molecule has 1 fully saturated rings. The molecule has 4 rings (SSSR count). The molecule has 1 atom stereocenters. The molecule has 0 spiro atoms. The van der Waals surface area contributed by atoms with Gasteiger partial charge in [-0.15, -0.1) is 0 Å². The van der Waals surface area contributed by atoms with E-state index in [1.54, 1.807) is 18.1 Å². The molecule has 0 saturated carbocycles. The van der Waals surface area contributed by atoms with Crippen molar-refractivity contribution in [3.63, 3.8) is 0 Å². The van der Waals surface area contributed by atoms with Crippen molar-refractivity contribution in [3.8, 4) is 5.69 Å². The van der Waals surface area contributed by atoms with E-state index in [4.69, 9.17) is 11.6 Å². The average Bonchev–Trinajstić information content (AvgIpc) is 3.19. The molecule has 7 nitrogen and oxygen atoms in total. The van der Waals surface area contributed by atoms with E-state index in [0.717, 1.165) is 11.5 Å². The summed E-state index contributed by atoms with van der Waals surface area (Å²) in [6, 6.07) is 7.28. The lowest BCUT2D eigenvalue weighted by Crippen LogP contribution is -2.58. The minimum atomic E-state index is -0.310. The molecule has 3 heterocycles. The number of carbonyl (C=O) groups excluding carboxylic acids is 1. The number of aromatic nitrogens is 4. The quantitative estimate of drug-likeness (QED) is 0.753. The number of likely N-dealkylation sites (tertiary alicyclic amines) is 1. The van der Waals surface area contributed by atoms with Crippen LogP contribution in [0.3, 0.4) is 0 Å². The van der Waals surface area contributed by atoms with Gasteiger partial charge in [0.25, 0.3) is 5.91 Å². The van der Waals surface area contributed by atoms with Crippen LogP contribution in [-0.2, 0) is 7.05 Å². The van der Waals surface area contributed by atoms with Crippen molar-refractivity contribution >= 4 is 17.5 Å². The van der Waals surface area contributed by atoms with Crippen LogP contribution in [0.25, 0.3) is 5.69 Å². The van der Waals surface area contributed by atoms with Crippen molar-refractivity contribution in [3.05, 3.63) is 69.9 Å². The van der Waals surface area contributed by atoms with E-state index in [1.807, 2.05) is 35.0 Å². The summed E-state index contributed by atoms with van der Waals surface area (Å²) in [5, 5.41) is 0.634.